The zero-order chi connectivity index (χ0) is 15.8. The predicted molar refractivity (Wildman–Crippen MR) is 90.5 cm³/mol. The standard InChI is InChI=1S/C19H38O2/c1-6-8-10-12-14-19(15-13-11-9-7-2)20-16-18(5,21-19)17(3)4/h17H,6-16H2,1-5H3. The van der Waals surface area contributed by atoms with Gasteiger partial charge in [-0.15, -0.1) is 0 Å². The largest absolute Gasteiger partial charge is 0.347 e. The summed E-state index contributed by atoms with van der Waals surface area (Å²) in [5.74, 6) is 0.214. The quantitative estimate of drug-likeness (QED) is 0.430. The predicted octanol–water partition coefficient (Wildman–Crippen LogP) is 6.09. The smallest absolute Gasteiger partial charge is 0.169 e. The van der Waals surface area contributed by atoms with Gasteiger partial charge in [-0.1, -0.05) is 66.2 Å². The van der Waals surface area contributed by atoms with Crippen molar-refractivity contribution in [3.63, 3.8) is 0 Å². The first-order valence-electron chi connectivity index (χ1n) is 9.32. The van der Waals surface area contributed by atoms with Gasteiger partial charge >= 0.3 is 0 Å². The molecule has 1 atom stereocenters. The van der Waals surface area contributed by atoms with E-state index in [1.54, 1.807) is 0 Å². The summed E-state index contributed by atoms with van der Waals surface area (Å²) in [5.41, 5.74) is -0.102. The molecular formula is C19H38O2. The molecule has 0 bridgehead atoms. The molecule has 0 aromatic heterocycles. The van der Waals surface area contributed by atoms with E-state index in [9.17, 15) is 0 Å². The van der Waals surface area contributed by atoms with Crippen molar-refractivity contribution in [1.82, 2.24) is 0 Å². The highest BCUT2D eigenvalue weighted by Crippen LogP contribution is 2.42. The Balaban J connectivity index is 2.54. The number of unbranched alkanes of at least 4 members (excludes halogenated alkanes) is 6. The van der Waals surface area contributed by atoms with Gasteiger partial charge in [-0.25, -0.2) is 0 Å². The van der Waals surface area contributed by atoms with Crippen LogP contribution in [0.15, 0.2) is 0 Å². The SMILES string of the molecule is CCCCCCC1(CCCCCC)OCC(C)(C(C)C)O1. The molecule has 1 heterocycles. The summed E-state index contributed by atoms with van der Waals surface area (Å²) in [7, 11) is 0. The molecule has 1 saturated heterocycles. The fraction of sp³-hybridized carbons (Fsp3) is 1.00. The Labute approximate surface area is 133 Å². The van der Waals surface area contributed by atoms with Crippen molar-refractivity contribution in [2.75, 3.05) is 6.61 Å². The van der Waals surface area contributed by atoms with Gasteiger partial charge in [0.2, 0.25) is 0 Å². The molecule has 1 rings (SSSR count). The zero-order valence-electron chi connectivity index (χ0n) is 15.2. The van der Waals surface area contributed by atoms with Crippen LogP contribution in [0.2, 0.25) is 0 Å². The van der Waals surface area contributed by atoms with E-state index in [2.05, 4.69) is 34.6 Å². The van der Waals surface area contributed by atoms with Crippen LogP contribution in [0.3, 0.4) is 0 Å². The van der Waals surface area contributed by atoms with Crippen LogP contribution in [0.5, 0.6) is 0 Å². The van der Waals surface area contributed by atoms with Crippen molar-refractivity contribution in [1.29, 1.82) is 0 Å². The summed E-state index contributed by atoms with van der Waals surface area (Å²) in [6, 6.07) is 0. The lowest BCUT2D eigenvalue weighted by molar-refractivity contribution is -0.201. The third kappa shape index (κ3) is 5.90. The van der Waals surface area contributed by atoms with Crippen molar-refractivity contribution in [3.8, 4) is 0 Å². The van der Waals surface area contributed by atoms with E-state index >= 15 is 0 Å². The highest BCUT2D eigenvalue weighted by atomic mass is 16.8. The van der Waals surface area contributed by atoms with Crippen LogP contribution < -0.4 is 0 Å². The number of hydrogen-bond donors (Lipinski definition) is 0. The van der Waals surface area contributed by atoms with Gasteiger partial charge in [0.25, 0.3) is 0 Å². The van der Waals surface area contributed by atoms with Crippen LogP contribution in [-0.4, -0.2) is 18.0 Å². The van der Waals surface area contributed by atoms with Gasteiger partial charge in [-0.05, 0) is 25.7 Å². The van der Waals surface area contributed by atoms with Crippen molar-refractivity contribution < 1.29 is 9.47 Å². The molecule has 0 aromatic carbocycles. The van der Waals surface area contributed by atoms with Gasteiger partial charge in [0.15, 0.2) is 5.79 Å². The fourth-order valence-corrected chi connectivity index (χ4v) is 3.06. The van der Waals surface area contributed by atoms with Gasteiger partial charge in [0, 0.05) is 12.8 Å². The normalized spacial score (nSPS) is 24.9. The van der Waals surface area contributed by atoms with Crippen LogP contribution in [0, 0.1) is 5.92 Å². The van der Waals surface area contributed by atoms with Gasteiger partial charge in [0.1, 0.15) is 0 Å². The minimum Gasteiger partial charge on any atom is -0.347 e. The summed E-state index contributed by atoms with van der Waals surface area (Å²) < 4.78 is 12.8. The molecular weight excluding hydrogens is 260 g/mol. The van der Waals surface area contributed by atoms with E-state index in [1.807, 2.05) is 0 Å². The molecule has 1 aliphatic rings. The number of hydrogen-bond acceptors (Lipinski definition) is 2. The van der Waals surface area contributed by atoms with Crippen molar-refractivity contribution in [2.24, 2.45) is 5.92 Å². The van der Waals surface area contributed by atoms with Gasteiger partial charge in [-0.2, -0.15) is 0 Å². The van der Waals surface area contributed by atoms with Crippen LogP contribution in [-0.2, 0) is 9.47 Å². The molecule has 126 valence electrons. The molecule has 0 amide bonds. The second-order valence-corrected chi connectivity index (χ2v) is 7.39. The first-order valence-corrected chi connectivity index (χ1v) is 9.32. The highest BCUT2D eigenvalue weighted by molar-refractivity contribution is 4.90. The van der Waals surface area contributed by atoms with Gasteiger partial charge < -0.3 is 9.47 Å². The lowest BCUT2D eigenvalue weighted by Gasteiger charge is -2.33. The Morgan fingerprint density at radius 3 is 1.76 bits per heavy atom. The maximum Gasteiger partial charge on any atom is 0.169 e. The Morgan fingerprint density at radius 1 is 0.857 bits per heavy atom. The molecule has 1 aliphatic heterocycles. The Kier molecular flexibility index (Phi) is 8.26. The first kappa shape index (κ1) is 19.0. The maximum atomic E-state index is 6.54. The molecule has 21 heavy (non-hydrogen) atoms. The second kappa shape index (κ2) is 9.15. The third-order valence-corrected chi connectivity index (χ3v) is 5.08. The molecule has 0 radical (unpaired) electrons. The summed E-state index contributed by atoms with van der Waals surface area (Å²) in [6.07, 6.45) is 12.4. The minimum absolute atomic E-state index is 0.102. The third-order valence-electron chi connectivity index (χ3n) is 5.08. The van der Waals surface area contributed by atoms with E-state index in [0.717, 1.165) is 19.4 Å². The molecule has 0 aromatic rings. The Bertz CT molecular complexity index is 263. The summed E-state index contributed by atoms with van der Waals surface area (Å²) in [6.45, 7) is 12.0. The number of ether oxygens (including phenoxy) is 2. The van der Waals surface area contributed by atoms with E-state index in [-0.39, 0.29) is 11.4 Å². The highest BCUT2D eigenvalue weighted by Gasteiger charge is 2.48. The van der Waals surface area contributed by atoms with E-state index in [0.29, 0.717) is 5.92 Å². The van der Waals surface area contributed by atoms with Crippen LogP contribution >= 0.6 is 0 Å². The monoisotopic (exact) mass is 298 g/mol. The Morgan fingerprint density at radius 2 is 1.38 bits per heavy atom. The van der Waals surface area contributed by atoms with Crippen molar-refractivity contribution in [3.05, 3.63) is 0 Å². The molecule has 0 saturated carbocycles. The molecule has 0 N–H and O–H groups in total. The molecule has 0 aliphatic carbocycles. The van der Waals surface area contributed by atoms with Crippen LogP contribution in [0.25, 0.3) is 0 Å². The average molecular weight is 299 g/mol. The molecule has 2 heteroatoms. The first-order chi connectivity index (χ1) is 9.98. The number of rotatable bonds is 11. The van der Waals surface area contributed by atoms with Crippen LogP contribution in [0.4, 0.5) is 0 Å². The summed E-state index contributed by atoms with van der Waals surface area (Å²) in [4.78, 5) is 0. The average Bonchev–Trinajstić information content (AvgIpc) is 2.80. The minimum atomic E-state index is -0.291. The molecule has 1 unspecified atom stereocenters. The lowest BCUT2D eigenvalue weighted by Crippen LogP contribution is -2.38. The van der Waals surface area contributed by atoms with E-state index < -0.39 is 0 Å². The maximum absolute atomic E-state index is 6.54. The molecule has 2 nitrogen and oxygen atoms in total. The second-order valence-electron chi connectivity index (χ2n) is 7.39. The molecule has 1 fully saturated rings. The summed E-state index contributed by atoms with van der Waals surface area (Å²) in [5, 5.41) is 0. The fourth-order valence-electron chi connectivity index (χ4n) is 3.06. The topological polar surface area (TPSA) is 18.5 Å². The van der Waals surface area contributed by atoms with Crippen LogP contribution in [0.1, 0.15) is 98.8 Å². The van der Waals surface area contributed by atoms with E-state index in [4.69, 9.17) is 9.47 Å². The Hall–Kier alpha value is -0.0800. The lowest BCUT2D eigenvalue weighted by atomic mass is 9.93. The van der Waals surface area contributed by atoms with E-state index in [1.165, 1.54) is 51.4 Å². The summed E-state index contributed by atoms with van der Waals surface area (Å²) >= 11 is 0. The van der Waals surface area contributed by atoms with Gasteiger partial charge in [0.05, 0.1) is 12.2 Å². The zero-order valence-corrected chi connectivity index (χ0v) is 15.2. The van der Waals surface area contributed by atoms with Gasteiger partial charge in [-0.3, -0.25) is 0 Å². The molecule has 0 spiro atoms. The van der Waals surface area contributed by atoms with Crippen molar-refractivity contribution in [2.45, 2.75) is 110 Å². The van der Waals surface area contributed by atoms with Crippen molar-refractivity contribution >= 4 is 0 Å².